The zero-order valence-corrected chi connectivity index (χ0v) is 16.1. The lowest BCUT2D eigenvalue weighted by atomic mass is 10.1. The first-order valence-electron chi connectivity index (χ1n) is 8.37. The molecule has 1 aromatic rings. The molecule has 2 fully saturated rings. The van der Waals surface area contributed by atoms with Crippen LogP contribution in [0.5, 0.6) is 0 Å². The smallest absolute Gasteiger partial charge is 0.326 e. The molecule has 0 aromatic heterocycles. The molecule has 2 heterocycles. The third-order valence-electron chi connectivity index (χ3n) is 4.16. The van der Waals surface area contributed by atoms with Crippen LogP contribution in [-0.2, 0) is 14.3 Å². The molecule has 2 atom stereocenters. The molecule has 2 saturated heterocycles. The molecule has 7 nitrogen and oxygen atoms in total. The Morgan fingerprint density at radius 1 is 1.12 bits per heavy atom. The highest BCUT2D eigenvalue weighted by Crippen LogP contribution is 2.25. The van der Waals surface area contributed by atoms with E-state index in [2.05, 4.69) is 5.43 Å². The maximum absolute atomic E-state index is 12.8. The third kappa shape index (κ3) is 4.16. The van der Waals surface area contributed by atoms with Crippen LogP contribution in [0.1, 0.15) is 17.3 Å². The molecule has 0 unspecified atom stereocenters. The largest absolute Gasteiger partial charge is 0.465 e. The summed E-state index contributed by atoms with van der Waals surface area (Å²) in [6.45, 7) is 2.06. The molecule has 0 saturated carbocycles. The van der Waals surface area contributed by atoms with E-state index < -0.39 is 12.1 Å². The van der Waals surface area contributed by atoms with Gasteiger partial charge in [-0.15, -0.1) is 23.5 Å². The Balaban J connectivity index is 1.65. The van der Waals surface area contributed by atoms with Crippen molar-refractivity contribution in [2.45, 2.75) is 19.0 Å². The highest BCUT2D eigenvalue weighted by atomic mass is 32.2. The van der Waals surface area contributed by atoms with Crippen molar-refractivity contribution >= 4 is 41.3 Å². The molecule has 2 aliphatic heterocycles. The molecule has 2 aliphatic rings. The quantitative estimate of drug-likeness (QED) is 0.750. The topological polar surface area (TPSA) is 79.0 Å². The number of rotatable bonds is 5. The summed E-state index contributed by atoms with van der Waals surface area (Å²) in [4.78, 5) is 39.0. The fourth-order valence-corrected chi connectivity index (χ4v) is 5.05. The van der Waals surface area contributed by atoms with Crippen molar-refractivity contribution in [1.29, 1.82) is 0 Å². The van der Waals surface area contributed by atoms with Gasteiger partial charge in [-0.05, 0) is 19.1 Å². The number of hydrogen-bond donors (Lipinski definition) is 1. The fraction of sp³-hybridized carbons (Fsp3) is 0.471. The number of esters is 1. The van der Waals surface area contributed by atoms with Crippen LogP contribution in [0, 0.1) is 0 Å². The second kappa shape index (κ2) is 8.79. The van der Waals surface area contributed by atoms with Gasteiger partial charge in [-0.1, -0.05) is 18.2 Å². The fourth-order valence-electron chi connectivity index (χ4n) is 2.81. The van der Waals surface area contributed by atoms with Crippen molar-refractivity contribution in [1.82, 2.24) is 15.3 Å². The molecule has 3 rings (SSSR count). The number of carbonyl (C=O) groups excluding carboxylic acids is 3. The Bertz CT molecular complexity index is 673. The Morgan fingerprint density at radius 3 is 2.54 bits per heavy atom. The summed E-state index contributed by atoms with van der Waals surface area (Å²) >= 11 is 3.10. The minimum absolute atomic E-state index is 0.159. The number of nitrogens with zero attached hydrogens (tertiary/aromatic N) is 2. The van der Waals surface area contributed by atoms with Crippen LogP contribution < -0.4 is 5.43 Å². The summed E-state index contributed by atoms with van der Waals surface area (Å²) in [6.07, 6.45) is 0. The molecule has 0 radical (unpaired) electrons. The molecule has 26 heavy (non-hydrogen) atoms. The monoisotopic (exact) mass is 395 g/mol. The van der Waals surface area contributed by atoms with Crippen molar-refractivity contribution in [2.75, 3.05) is 29.9 Å². The van der Waals surface area contributed by atoms with Gasteiger partial charge in [0.15, 0.2) is 0 Å². The summed E-state index contributed by atoms with van der Waals surface area (Å²) in [7, 11) is 0. The molecule has 0 bridgehead atoms. The van der Waals surface area contributed by atoms with E-state index >= 15 is 0 Å². The van der Waals surface area contributed by atoms with E-state index in [0.29, 0.717) is 35.4 Å². The number of amides is 2. The number of benzene rings is 1. The van der Waals surface area contributed by atoms with Crippen LogP contribution in [0.25, 0.3) is 0 Å². The lowest BCUT2D eigenvalue weighted by Gasteiger charge is -2.27. The van der Waals surface area contributed by atoms with Gasteiger partial charge in [-0.3, -0.25) is 19.8 Å². The van der Waals surface area contributed by atoms with Gasteiger partial charge in [0.2, 0.25) is 0 Å². The van der Waals surface area contributed by atoms with Crippen molar-refractivity contribution in [2.24, 2.45) is 0 Å². The highest BCUT2D eigenvalue weighted by Gasteiger charge is 2.39. The first-order valence-corrected chi connectivity index (χ1v) is 10.7. The van der Waals surface area contributed by atoms with Gasteiger partial charge in [-0.2, -0.15) is 5.01 Å². The summed E-state index contributed by atoms with van der Waals surface area (Å²) < 4.78 is 5.07. The predicted octanol–water partition coefficient (Wildman–Crippen LogP) is 1.17. The van der Waals surface area contributed by atoms with Crippen LogP contribution in [0.15, 0.2) is 30.3 Å². The zero-order chi connectivity index (χ0) is 18.5. The van der Waals surface area contributed by atoms with Crippen molar-refractivity contribution in [3.63, 3.8) is 0 Å². The molecule has 1 aromatic carbocycles. The maximum Gasteiger partial charge on any atom is 0.326 e. The number of carbonyl (C=O) groups is 3. The van der Waals surface area contributed by atoms with Crippen LogP contribution in [-0.4, -0.2) is 69.6 Å². The summed E-state index contributed by atoms with van der Waals surface area (Å²) in [5, 5.41) is 1.61. The average molecular weight is 396 g/mol. The zero-order valence-electron chi connectivity index (χ0n) is 14.4. The molecular formula is C17H21N3O4S2. The average Bonchev–Trinajstić information content (AvgIpc) is 3.31. The Hall–Kier alpha value is -1.71. The number of nitrogens with one attached hydrogen (secondary N) is 1. The highest BCUT2D eigenvalue weighted by molar-refractivity contribution is 7.99. The first kappa shape index (κ1) is 19.1. The van der Waals surface area contributed by atoms with E-state index in [0.717, 1.165) is 0 Å². The van der Waals surface area contributed by atoms with Crippen molar-refractivity contribution < 1.29 is 19.1 Å². The molecule has 140 valence electrons. The van der Waals surface area contributed by atoms with Crippen LogP contribution in [0.2, 0.25) is 0 Å². The standard InChI is InChI=1S/C17H21N3O4S2/c1-2-24-17(23)14-9-26-11-20(14)18-15(21)13-8-25-10-19(13)16(22)12-6-4-3-5-7-12/h3-7,13-14H,2,8-11H2,1H3,(H,18,21)/t13-,14-/m0/s1. The summed E-state index contributed by atoms with van der Waals surface area (Å²) in [5.41, 5.74) is 3.38. The van der Waals surface area contributed by atoms with Crippen LogP contribution in [0.4, 0.5) is 0 Å². The normalized spacial score (nSPS) is 23.0. The van der Waals surface area contributed by atoms with Gasteiger partial charge in [0.1, 0.15) is 12.1 Å². The lowest BCUT2D eigenvalue weighted by molar-refractivity contribution is -0.150. The minimum Gasteiger partial charge on any atom is -0.465 e. The summed E-state index contributed by atoms with van der Waals surface area (Å²) in [6, 6.07) is 7.90. The van der Waals surface area contributed by atoms with Gasteiger partial charge >= 0.3 is 5.97 Å². The number of hydrazine groups is 1. The number of thioether (sulfide) groups is 2. The van der Waals surface area contributed by atoms with Gasteiger partial charge in [0, 0.05) is 17.1 Å². The van der Waals surface area contributed by atoms with E-state index in [1.807, 2.05) is 6.07 Å². The summed E-state index contributed by atoms with van der Waals surface area (Å²) in [5.74, 6) is 1.34. The van der Waals surface area contributed by atoms with Gasteiger partial charge < -0.3 is 9.64 Å². The van der Waals surface area contributed by atoms with Crippen molar-refractivity contribution in [3.8, 4) is 0 Å². The SMILES string of the molecule is CCOC(=O)[C@@H]1CSCN1NC(=O)[C@@H]1CSCN1C(=O)c1ccccc1. The molecule has 2 amide bonds. The maximum atomic E-state index is 12.8. The molecule has 0 aliphatic carbocycles. The van der Waals surface area contributed by atoms with E-state index in [4.69, 9.17) is 4.74 Å². The van der Waals surface area contributed by atoms with E-state index in [1.165, 1.54) is 0 Å². The lowest BCUT2D eigenvalue weighted by Crippen LogP contribution is -2.55. The number of ether oxygens (including phenoxy) is 1. The molecule has 9 heteroatoms. The first-order chi connectivity index (χ1) is 12.6. The Kier molecular flexibility index (Phi) is 6.44. The van der Waals surface area contributed by atoms with Crippen molar-refractivity contribution in [3.05, 3.63) is 35.9 Å². The second-order valence-electron chi connectivity index (χ2n) is 5.87. The number of hydrogen-bond acceptors (Lipinski definition) is 7. The Labute approximate surface area is 160 Å². The van der Waals surface area contributed by atoms with E-state index in [1.54, 1.807) is 64.6 Å². The third-order valence-corrected chi connectivity index (χ3v) is 6.19. The minimum atomic E-state index is -0.554. The van der Waals surface area contributed by atoms with Crippen LogP contribution in [0.3, 0.4) is 0 Å². The van der Waals surface area contributed by atoms with E-state index in [-0.39, 0.29) is 17.8 Å². The second-order valence-corrected chi connectivity index (χ2v) is 7.87. The molecule has 0 spiro atoms. The molecule has 1 N–H and O–H groups in total. The van der Waals surface area contributed by atoms with Gasteiger partial charge in [0.25, 0.3) is 11.8 Å². The molecular weight excluding hydrogens is 374 g/mol. The Morgan fingerprint density at radius 2 is 1.81 bits per heavy atom. The van der Waals surface area contributed by atoms with Gasteiger partial charge in [-0.25, -0.2) is 0 Å². The van der Waals surface area contributed by atoms with E-state index in [9.17, 15) is 14.4 Å². The van der Waals surface area contributed by atoms with Crippen LogP contribution >= 0.6 is 23.5 Å². The predicted molar refractivity (Wildman–Crippen MR) is 101 cm³/mol. The van der Waals surface area contributed by atoms with Gasteiger partial charge in [0.05, 0.1) is 18.4 Å².